The monoisotopic (exact) mass is 349 g/mol. The first kappa shape index (κ1) is 16.1. The van der Waals surface area contributed by atoms with Crippen LogP contribution in [-0.4, -0.2) is 24.0 Å². The van der Waals surface area contributed by atoms with Gasteiger partial charge in [-0.05, 0) is 43.5 Å². The number of carbonyl (C=O) groups excluding carboxylic acids is 1. The highest BCUT2D eigenvalue weighted by molar-refractivity contribution is 6.39. The van der Waals surface area contributed by atoms with Crippen LogP contribution >= 0.6 is 23.2 Å². The molecule has 1 saturated heterocycles. The van der Waals surface area contributed by atoms with Gasteiger partial charge < -0.3 is 10.2 Å². The molecule has 1 fully saturated rings. The fourth-order valence-corrected chi connectivity index (χ4v) is 3.15. The van der Waals surface area contributed by atoms with Gasteiger partial charge in [-0.2, -0.15) is 0 Å². The summed E-state index contributed by atoms with van der Waals surface area (Å²) in [6.07, 6.45) is 5.43. The predicted molar refractivity (Wildman–Crippen MR) is 94.7 cm³/mol. The van der Waals surface area contributed by atoms with E-state index in [1.807, 2.05) is 6.07 Å². The summed E-state index contributed by atoms with van der Waals surface area (Å²) in [5, 5.41) is 3.51. The van der Waals surface area contributed by atoms with E-state index in [1.54, 1.807) is 30.5 Å². The van der Waals surface area contributed by atoms with Gasteiger partial charge >= 0.3 is 0 Å². The molecule has 0 radical (unpaired) electrons. The fraction of sp³-hybridized carbons (Fsp3) is 0.294. The number of hydrogen-bond donors (Lipinski definition) is 1. The largest absolute Gasteiger partial charge is 0.370 e. The number of carbonyl (C=O) groups is 1. The van der Waals surface area contributed by atoms with Crippen LogP contribution < -0.4 is 10.2 Å². The Hall–Kier alpha value is -1.78. The number of para-hydroxylation sites is 1. The molecule has 3 rings (SSSR count). The number of nitrogens with one attached hydrogen (secondary N) is 1. The van der Waals surface area contributed by atoms with Gasteiger partial charge in [0, 0.05) is 13.1 Å². The Kier molecular flexibility index (Phi) is 5.03. The average Bonchev–Trinajstić information content (AvgIpc) is 2.59. The number of halogens is 2. The molecule has 1 aromatic carbocycles. The van der Waals surface area contributed by atoms with E-state index in [4.69, 9.17) is 23.2 Å². The number of benzene rings is 1. The standard InChI is InChI=1S/C17H17Cl2N3O/c18-13-5-4-6-14(19)16(13)21-17(23)15-8-7-12(11-20-15)22-9-2-1-3-10-22/h4-8,11H,1-3,9-10H2,(H,21,23). The molecule has 2 aromatic rings. The maximum absolute atomic E-state index is 12.3. The van der Waals surface area contributed by atoms with E-state index in [-0.39, 0.29) is 5.91 Å². The second kappa shape index (κ2) is 7.20. The predicted octanol–water partition coefficient (Wildman–Crippen LogP) is 4.63. The van der Waals surface area contributed by atoms with Crippen LogP contribution in [0.2, 0.25) is 10.0 Å². The molecule has 0 bridgehead atoms. The molecule has 4 nitrogen and oxygen atoms in total. The first-order valence-corrected chi connectivity index (χ1v) is 8.37. The topological polar surface area (TPSA) is 45.2 Å². The molecule has 1 aliphatic rings. The van der Waals surface area contributed by atoms with E-state index in [0.29, 0.717) is 21.4 Å². The number of hydrogen-bond acceptors (Lipinski definition) is 3. The molecule has 2 heterocycles. The normalized spacial score (nSPS) is 14.6. The molecule has 0 unspecified atom stereocenters. The van der Waals surface area contributed by atoms with Crippen molar-refractivity contribution < 1.29 is 4.79 Å². The maximum atomic E-state index is 12.3. The van der Waals surface area contributed by atoms with Crippen molar-refractivity contribution in [3.05, 3.63) is 52.3 Å². The van der Waals surface area contributed by atoms with Crippen LogP contribution in [0, 0.1) is 0 Å². The lowest BCUT2D eigenvalue weighted by atomic mass is 10.1. The van der Waals surface area contributed by atoms with Crippen LogP contribution in [0.1, 0.15) is 29.8 Å². The summed E-state index contributed by atoms with van der Waals surface area (Å²) in [7, 11) is 0. The molecule has 23 heavy (non-hydrogen) atoms. The minimum absolute atomic E-state index is 0.329. The van der Waals surface area contributed by atoms with E-state index in [1.165, 1.54) is 19.3 Å². The minimum atomic E-state index is -0.329. The molecule has 1 N–H and O–H groups in total. The highest BCUT2D eigenvalue weighted by Crippen LogP contribution is 2.30. The Labute approximate surface area is 145 Å². The lowest BCUT2D eigenvalue weighted by Gasteiger charge is -2.28. The van der Waals surface area contributed by atoms with Gasteiger partial charge in [0.15, 0.2) is 0 Å². The molecule has 0 atom stereocenters. The highest BCUT2D eigenvalue weighted by Gasteiger charge is 2.15. The highest BCUT2D eigenvalue weighted by atomic mass is 35.5. The van der Waals surface area contributed by atoms with Crippen LogP contribution in [0.3, 0.4) is 0 Å². The molecule has 6 heteroatoms. The van der Waals surface area contributed by atoms with E-state index in [2.05, 4.69) is 15.2 Å². The number of nitrogens with zero attached hydrogens (tertiary/aromatic N) is 2. The third-order valence-electron chi connectivity index (χ3n) is 3.90. The number of anilines is 2. The van der Waals surface area contributed by atoms with Crippen molar-refractivity contribution in [2.24, 2.45) is 0 Å². The quantitative estimate of drug-likeness (QED) is 0.878. The van der Waals surface area contributed by atoms with Crippen molar-refractivity contribution in [2.45, 2.75) is 19.3 Å². The van der Waals surface area contributed by atoms with Crippen molar-refractivity contribution in [2.75, 3.05) is 23.3 Å². The molecule has 0 saturated carbocycles. The summed E-state index contributed by atoms with van der Waals surface area (Å²) in [4.78, 5) is 18.9. The summed E-state index contributed by atoms with van der Waals surface area (Å²) in [5.41, 5.74) is 1.79. The Balaban J connectivity index is 1.72. The van der Waals surface area contributed by atoms with Crippen molar-refractivity contribution in [3.63, 3.8) is 0 Å². The van der Waals surface area contributed by atoms with Crippen molar-refractivity contribution in [3.8, 4) is 0 Å². The molecule has 1 amide bonds. The van der Waals surface area contributed by atoms with Gasteiger partial charge in [0.1, 0.15) is 5.69 Å². The van der Waals surface area contributed by atoms with Gasteiger partial charge in [0.2, 0.25) is 0 Å². The number of piperidine rings is 1. The Bertz CT molecular complexity index is 677. The van der Waals surface area contributed by atoms with Crippen molar-refractivity contribution in [1.82, 2.24) is 4.98 Å². The van der Waals surface area contributed by atoms with E-state index < -0.39 is 0 Å². The molecule has 0 spiro atoms. The van der Waals surface area contributed by atoms with E-state index in [9.17, 15) is 4.79 Å². The minimum Gasteiger partial charge on any atom is -0.370 e. The van der Waals surface area contributed by atoms with E-state index in [0.717, 1.165) is 18.8 Å². The van der Waals surface area contributed by atoms with Gasteiger partial charge in [-0.1, -0.05) is 29.3 Å². The first-order valence-electron chi connectivity index (χ1n) is 7.61. The summed E-state index contributed by atoms with van der Waals surface area (Å²) >= 11 is 12.1. The van der Waals surface area contributed by atoms with Crippen LogP contribution in [0.5, 0.6) is 0 Å². The number of amides is 1. The molecule has 1 aliphatic heterocycles. The van der Waals surface area contributed by atoms with Crippen LogP contribution in [-0.2, 0) is 0 Å². The van der Waals surface area contributed by atoms with Crippen LogP contribution in [0.4, 0.5) is 11.4 Å². The van der Waals surface area contributed by atoms with Crippen molar-refractivity contribution in [1.29, 1.82) is 0 Å². The molecule has 120 valence electrons. The van der Waals surface area contributed by atoms with Gasteiger partial charge in [0.05, 0.1) is 27.6 Å². The summed E-state index contributed by atoms with van der Waals surface area (Å²) in [6, 6.07) is 8.74. The Morgan fingerprint density at radius 3 is 2.35 bits per heavy atom. The number of pyridine rings is 1. The summed E-state index contributed by atoms with van der Waals surface area (Å²) in [5.74, 6) is -0.329. The van der Waals surface area contributed by atoms with Crippen molar-refractivity contribution >= 4 is 40.5 Å². The van der Waals surface area contributed by atoms with Gasteiger partial charge in [-0.25, -0.2) is 4.98 Å². The second-order valence-corrected chi connectivity index (χ2v) is 6.31. The molecule has 1 aromatic heterocycles. The third kappa shape index (κ3) is 3.77. The average molecular weight is 350 g/mol. The second-order valence-electron chi connectivity index (χ2n) is 5.50. The maximum Gasteiger partial charge on any atom is 0.274 e. The smallest absolute Gasteiger partial charge is 0.274 e. The van der Waals surface area contributed by atoms with E-state index >= 15 is 0 Å². The zero-order valence-corrected chi connectivity index (χ0v) is 14.1. The zero-order chi connectivity index (χ0) is 16.2. The Morgan fingerprint density at radius 2 is 1.74 bits per heavy atom. The van der Waals surface area contributed by atoms with Gasteiger partial charge in [-0.15, -0.1) is 0 Å². The zero-order valence-electron chi connectivity index (χ0n) is 12.6. The third-order valence-corrected chi connectivity index (χ3v) is 4.53. The molecular formula is C17H17Cl2N3O. The Morgan fingerprint density at radius 1 is 1.04 bits per heavy atom. The first-order chi connectivity index (χ1) is 11.1. The number of aromatic nitrogens is 1. The number of rotatable bonds is 3. The summed E-state index contributed by atoms with van der Waals surface area (Å²) in [6.45, 7) is 2.09. The lowest BCUT2D eigenvalue weighted by molar-refractivity contribution is 0.102. The van der Waals surface area contributed by atoms with Crippen LogP contribution in [0.25, 0.3) is 0 Å². The molecular weight excluding hydrogens is 333 g/mol. The van der Waals surface area contributed by atoms with Gasteiger partial charge in [0.25, 0.3) is 5.91 Å². The van der Waals surface area contributed by atoms with Crippen LogP contribution in [0.15, 0.2) is 36.5 Å². The SMILES string of the molecule is O=C(Nc1c(Cl)cccc1Cl)c1ccc(N2CCCCC2)cn1. The fourth-order valence-electron chi connectivity index (χ4n) is 2.65. The lowest BCUT2D eigenvalue weighted by Crippen LogP contribution is -2.29. The van der Waals surface area contributed by atoms with Gasteiger partial charge in [-0.3, -0.25) is 4.79 Å². The summed E-state index contributed by atoms with van der Waals surface area (Å²) < 4.78 is 0. The molecule has 0 aliphatic carbocycles.